The van der Waals surface area contributed by atoms with Crippen molar-refractivity contribution in [2.24, 2.45) is 0 Å². The molecule has 0 aliphatic heterocycles. The molecule has 0 saturated carbocycles. The normalized spacial score (nSPS) is 14.1. The SMILES string of the molecule is CC/C=C\CC(CC)c1cccc(S(=O)(=O)C(C)C)c1. The van der Waals surface area contributed by atoms with E-state index in [2.05, 4.69) is 26.0 Å². The van der Waals surface area contributed by atoms with Crippen LogP contribution in [0.1, 0.15) is 58.4 Å². The van der Waals surface area contributed by atoms with E-state index in [4.69, 9.17) is 0 Å². The molecule has 0 radical (unpaired) electrons. The smallest absolute Gasteiger partial charge is 0.180 e. The Labute approximate surface area is 123 Å². The van der Waals surface area contributed by atoms with Gasteiger partial charge in [0.25, 0.3) is 0 Å². The highest BCUT2D eigenvalue weighted by Gasteiger charge is 2.20. The first-order valence-electron chi connectivity index (χ1n) is 7.42. The molecule has 112 valence electrons. The van der Waals surface area contributed by atoms with Crippen molar-refractivity contribution < 1.29 is 8.42 Å². The van der Waals surface area contributed by atoms with Crippen LogP contribution < -0.4 is 0 Å². The molecule has 0 aliphatic rings. The number of allylic oxidation sites excluding steroid dienone is 2. The third-order valence-electron chi connectivity index (χ3n) is 3.59. The lowest BCUT2D eigenvalue weighted by Crippen LogP contribution is -2.14. The molecule has 0 spiro atoms. The van der Waals surface area contributed by atoms with E-state index in [1.165, 1.54) is 0 Å². The third kappa shape index (κ3) is 4.20. The molecule has 0 aromatic heterocycles. The van der Waals surface area contributed by atoms with E-state index in [1.807, 2.05) is 18.2 Å². The van der Waals surface area contributed by atoms with Crippen LogP contribution in [-0.2, 0) is 9.84 Å². The molecule has 0 amide bonds. The van der Waals surface area contributed by atoms with Gasteiger partial charge in [0.1, 0.15) is 0 Å². The van der Waals surface area contributed by atoms with Gasteiger partial charge in [-0.05, 0) is 56.7 Å². The Balaban J connectivity index is 3.05. The lowest BCUT2D eigenvalue weighted by molar-refractivity contribution is 0.586. The summed E-state index contributed by atoms with van der Waals surface area (Å²) in [6.45, 7) is 7.72. The zero-order valence-corrected chi connectivity index (χ0v) is 13.8. The first-order chi connectivity index (χ1) is 9.43. The average molecular weight is 294 g/mol. The molecule has 0 fully saturated rings. The summed E-state index contributed by atoms with van der Waals surface area (Å²) in [5.74, 6) is 0.389. The largest absolute Gasteiger partial charge is 0.223 e. The monoisotopic (exact) mass is 294 g/mol. The summed E-state index contributed by atoms with van der Waals surface area (Å²) in [5, 5.41) is -0.377. The van der Waals surface area contributed by atoms with Crippen molar-refractivity contribution in [3.05, 3.63) is 42.0 Å². The second-order valence-electron chi connectivity index (χ2n) is 5.39. The molecule has 0 saturated heterocycles. The quantitative estimate of drug-likeness (QED) is 0.682. The summed E-state index contributed by atoms with van der Waals surface area (Å²) in [5.41, 5.74) is 1.12. The topological polar surface area (TPSA) is 34.1 Å². The molecule has 2 nitrogen and oxygen atoms in total. The Morgan fingerprint density at radius 1 is 1.15 bits per heavy atom. The van der Waals surface area contributed by atoms with Crippen molar-refractivity contribution in [3.63, 3.8) is 0 Å². The predicted molar refractivity (Wildman–Crippen MR) is 85.8 cm³/mol. The van der Waals surface area contributed by atoms with Gasteiger partial charge < -0.3 is 0 Å². The van der Waals surface area contributed by atoms with Crippen LogP contribution in [0.2, 0.25) is 0 Å². The number of hydrogen-bond acceptors (Lipinski definition) is 2. The Morgan fingerprint density at radius 2 is 1.85 bits per heavy atom. The fourth-order valence-corrected chi connectivity index (χ4v) is 3.30. The standard InChI is InChI=1S/C17H26O2S/c1-5-7-8-10-15(6-2)16-11-9-12-17(13-16)20(18,19)14(3)4/h7-9,11-15H,5-6,10H2,1-4H3/b8-7-. The van der Waals surface area contributed by atoms with Crippen molar-refractivity contribution in [3.8, 4) is 0 Å². The van der Waals surface area contributed by atoms with Crippen LogP contribution in [0.3, 0.4) is 0 Å². The van der Waals surface area contributed by atoms with Gasteiger partial charge in [0.2, 0.25) is 0 Å². The van der Waals surface area contributed by atoms with Crippen LogP contribution in [0.15, 0.2) is 41.3 Å². The molecule has 3 heteroatoms. The minimum Gasteiger partial charge on any atom is -0.223 e. The lowest BCUT2D eigenvalue weighted by atomic mass is 9.93. The fourth-order valence-electron chi connectivity index (χ4n) is 2.18. The lowest BCUT2D eigenvalue weighted by Gasteiger charge is -2.15. The highest BCUT2D eigenvalue weighted by molar-refractivity contribution is 7.92. The predicted octanol–water partition coefficient (Wildman–Crippen LogP) is 4.72. The molecular weight excluding hydrogens is 268 g/mol. The van der Waals surface area contributed by atoms with E-state index in [9.17, 15) is 8.42 Å². The summed E-state index contributed by atoms with van der Waals surface area (Å²) < 4.78 is 24.5. The van der Waals surface area contributed by atoms with Gasteiger partial charge in [-0.3, -0.25) is 0 Å². The van der Waals surface area contributed by atoms with Crippen LogP contribution in [0, 0.1) is 0 Å². The number of sulfone groups is 1. The van der Waals surface area contributed by atoms with Crippen molar-refractivity contribution in [2.45, 2.75) is 63.0 Å². The van der Waals surface area contributed by atoms with Gasteiger partial charge in [-0.25, -0.2) is 8.42 Å². The first-order valence-corrected chi connectivity index (χ1v) is 8.96. The van der Waals surface area contributed by atoms with E-state index in [-0.39, 0.29) is 5.25 Å². The van der Waals surface area contributed by atoms with E-state index < -0.39 is 9.84 Å². The molecule has 0 aliphatic carbocycles. The average Bonchev–Trinajstić information content (AvgIpc) is 2.43. The van der Waals surface area contributed by atoms with Crippen LogP contribution in [-0.4, -0.2) is 13.7 Å². The van der Waals surface area contributed by atoms with Gasteiger partial charge in [0.15, 0.2) is 9.84 Å². The summed E-state index contributed by atoms with van der Waals surface area (Å²) in [4.78, 5) is 0.447. The number of benzene rings is 1. The Bertz CT molecular complexity index is 542. The second kappa shape index (κ2) is 7.63. The van der Waals surface area contributed by atoms with Crippen LogP contribution >= 0.6 is 0 Å². The van der Waals surface area contributed by atoms with Gasteiger partial charge in [-0.15, -0.1) is 0 Å². The van der Waals surface area contributed by atoms with E-state index in [0.717, 1.165) is 24.8 Å². The van der Waals surface area contributed by atoms with Crippen LogP contribution in [0.4, 0.5) is 0 Å². The number of hydrogen-bond donors (Lipinski definition) is 0. The van der Waals surface area contributed by atoms with Gasteiger partial charge >= 0.3 is 0 Å². The summed E-state index contributed by atoms with van der Waals surface area (Å²) in [7, 11) is -3.18. The summed E-state index contributed by atoms with van der Waals surface area (Å²) in [6, 6.07) is 7.45. The minimum absolute atomic E-state index is 0.377. The molecule has 1 aromatic rings. The van der Waals surface area contributed by atoms with Crippen molar-refractivity contribution in [2.75, 3.05) is 0 Å². The fraction of sp³-hybridized carbons (Fsp3) is 0.529. The highest BCUT2D eigenvalue weighted by Crippen LogP contribution is 2.27. The van der Waals surface area contributed by atoms with E-state index >= 15 is 0 Å². The molecule has 1 aromatic carbocycles. The molecular formula is C17H26O2S. The van der Waals surface area contributed by atoms with Gasteiger partial charge in [0.05, 0.1) is 10.1 Å². The molecule has 1 atom stereocenters. The molecule has 0 bridgehead atoms. The number of rotatable bonds is 7. The van der Waals surface area contributed by atoms with E-state index in [0.29, 0.717) is 10.8 Å². The molecule has 0 N–H and O–H groups in total. The van der Waals surface area contributed by atoms with E-state index in [1.54, 1.807) is 19.9 Å². The van der Waals surface area contributed by atoms with Crippen molar-refractivity contribution >= 4 is 9.84 Å². The zero-order valence-electron chi connectivity index (χ0n) is 13.0. The Kier molecular flexibility index (Phi) is 6.47. The summed E-state index contributed by atoms with van der Waals surface area (Å²) >= 11 is 0. The zero-order chi connectivity index (χ0) is 15.2. The van der Waals surface area contributed by atoms with Gasteiger partial charge in [-0.1, -0.05) is 38.1 Å². The second-order valence-corrected chi connectivity index (χ2v) is 7.89. The summed E-state index contributed by atoms with van der Waals surface area (Å²) in [6.07, 6.45) is 7.38. The third-order valence-corrected chi connectivity index (χ3v) is 5.75. The minimum atomic E-state index is -3.18. The highest BCUT2D eigenvalue weighted by atomic mass is 32.2. The first kappa shape index (κ1) is 17.0. The Morgan fingerprint density at radius 3 is 2.40 bits per heavy atom. The molecule has 1 rings (SSSR count). The molecule has 0 heterocycles. The molecule has 1 unspecified atom stereocenters. The molecule has 20 heavy (non-hydrogen) atoms. The van der Waals surface area contributed by atoms with Crippen molar-refractivity contribution in [1.29, 1.82) is 0 Å². The van der Waals surface area contributed by atoms with Gasteiger partial charge in [0, 0.05) is 0 Å². The maximum atomic E-state index is 12.2. The Hall–Kier alpha value is -1.09. The van der Waals surface area contributed by atoms with Crippen LogP contribution in [0.25, 0.3) is 0 Å². The van der Waals surface area contributed by atoms with Crippen LogP contribution in [0.5, 0.6) is 0 Å². The maximum absolute atomic E-state index is 12.2. The van der Waals surface area contributed by atoms with Crippen molar-refractivity contribution in [1.82, 2.24) is 0 Å². The maximum Gasteiger partial charge on any atom is 0.180 e. The van der Waals surface area contributed by atoms with Gasteiger partial charge in [-0.2, -0.15) is 0 Å².